The van der Waals surface area contributed by atoms with E-state index in [0.29, 0.717) is 23.6 Å². The van der Waals surface area contributed by atoms with Crippen LogP contribution in [0.4, 0.5) is 4.39 Å². The molecule has 7 heteroatoms. The van der Waals surface area contributed by atoms with Gasteiger partial charge in [-0.25, -0.2) is 9.07 Å². The van der Waals surface area contributed by atoms with Gasteiger partial charge >= 0.3 is 0 Å². The monoisotopic (exact) mass is 397 g/mol. The number of carbonyl (C=O) groups excluding carboxylic acids is 1. The molecule has 3 rings (SSSR count). The number of likely N-dealkylation sites (N-methyl/N-ethyl adjacent to an activating group) is 1. The summed E-state index contributed by atoms with van der Waals surface area (Å²) < 4.78 is 17.1. The maximum atomic E-state index is 13.7. The summed E-state index contributed by atoms with van der Waals surface area (Å²) in [5.41, 5.74) is 1.01. The van der Waals surface area contributed by atoms with Gasteiger partial charge < -0.3 is 14.8 Å². The van der Waals surface area contributed by atoms with E-state index < -0.39 is 0 Å². The van der Waals surface area contributed by atoms with Crippen molar-refractivity contribution in [3.8, 4) is 11.5 Å². The van der Waals surface area contributed by atoms with Crippen molar-refractivity contribution in [3.63, 3.8) is 0 Å². The number of hydrogen-bond acceptors (Lipinski definition) is 3. The molecule has 29 heavy (non-hydrogen) atoms. The molecule has 0 spiro atoms. The topological polar surface area (TPSA) is 55.1 Å². The van der Waals surface area contributed by atoms with Crippen molar-refractivity contribution in [3.05, 3.63) is 66.4 Å². The number of halogens is 1. The Kier molecular flexibility index (Phi) is 7.19. The minimum atomic E-state index is -0.353. The molecule has 0 aliphatic carbocycles. The van der Waals surface area contributed by atoms with E-state index in [0.717, 1.165) is 32.5 Å². The quantitative estimate of drug-likeness (QED) is 0.568. The number of hydrogen-bond donors (Lipinski definition) is 1. The van der Waals surface area contributed by atoms with E-state index in [4.69, 9.17) is 0 Å². The highest BCUT2D eigenvalue weighted by Gasteiger charge is 2.20. The van der Waals surface area contributed by atoms with Crippen LogP contribution in [0.2, 0.25) is 0 Å². The van der Waals surface area contributed by atoms with Crippen molar-refractivity contribution in [2.45, 2.75) is 26.7 Å². The Hall–Kier alpha value is -2.93. The van der Waals surface area contributed by atoms with E-state index >= 15 is 0 Å². The number of nitrogens with zero attached hydrogens (tertiary/aromatic N) is 4. The predicted octanol–water partition coefficient (Wildman–Crippen LogP) is 3.65. The minimum Gasteiger partial charge on any atom is -0.351 e. The fourth-order valence-corrected chi connectivity index (χ4v) is 3.26. The highest BCUT2D eigenvalue weighted by atomic mass is 19.1. The molecule has 2 heterocycles. The first kappa shape index (κ1) is 20.8. The third-order valence-electron chi connectivity index (χ3n) is 4.88. The van der Waals surface area contributed by atoms with Gasteiger partial charge in [-0.1, -0.05) is 26.3 Å². The zero-order valence-electron chi connectivity index (χ0n) is 17.0. The fourth-order valence-electron chi connectivity index (χ4n) is 3.26. The number of unbranched alkanes of at least 4 members (excludes halogenated alkanes) is 1. The summed E-state index contributed by atoms with van der Waals surface area (Å²) in [6.45, 7) is 7.67. The summed E-state index contributed by atoms with van der Waals surface area (Å²) in [4.78, 5) is 15.2. The van der Waals surface area contributed by atoms with Gasteiger partial charge in [0.1, 0.15) is 11.4 Å². The lowest BCUT2D eigenvalue weighted by Crippen LogP contribution is -2.35. The molecule has 2 aromatic heterocycles. The third kappa shape index (κ3) is 5.12. The van der Waals surface area contributed by atoms with Crippen LogP contribution in [-0.2, 0) is 0 Å². The molecule has 0 radical (unpaired) electrons. The first-order valence-electron chi connectivity index (χ1n) is 10.1. The molecule has 0 saturated heterocycles. The summed E-state index contributed by atoms with van der Waals surface area (Å²) in [7, 11) is 0. The van der Waals surface area contributed by atoms with Gasteiger partial charge in [0.15, 0.2) is 5.82 Å². The highest BCUT2D eigenvalue weighted by Crippen LogP contribution is 2.20. The maximum absolute atomic E-state index is 13.7. The normalized spacial score (nSPS) is 11.2. The van der Waals surface area contributed by atoms with E-state index in [1.54, 1.807) is 16.8 Å². The Balaban J connectivity index is 1.79. The molecule has 1 aromatic carbocycles. The lowest BCUT2D eigenvalue weighted by atomic mass is 10.2. The maximum Gasteiger partial charge on any atom is 0.256 e. The van der Waals surface area contributed by atoms with Crippen LogP contribution in [0.1, 0.15) is 37.0 Å². The summed E-state index contributed by atoms with van der Waals surface area (Å²) in [5, 5.41) is 7.36. The lowest BCUT2D eigenvalue weighted by Gasteiger charge is -2.20. The number of carbonyl (C=O) groups is 1. The zero-order valence-corrected chi connectivity index (χ0v) is 17.0. The van der Waals surface area contributed by atoms with Gasteiger partial charge in [0.25, 0.3) is 5.91 Å². The first-order valence-corrected chi connectivity index (χ1v) is 10.1. The number of benzene rings is 1. The second kappa shape index (κ2) is 10.0. The molecule has 0 aliphatic heterocycles. The van der Waals surface area contributed by atoms with Crippen LogP contribution in [0.3, 0.4) is 0 Å². The highest BCUT2D eigenvalue weighted by molar-refractivity contribution is 5.97. The fraction of sp³-hybridized carbons (Fsp3) is 0.364. The number of aromatic nitrogens is 3. The van der Waals surface area contributed by atoms with Gasteiger partial charge in [-0.05, 0) is 49.8 Å². The molecule has 3 aromatic rings. The molecule has 1 N–H and O–H groups in total. The van der Waals surface area contributed by atoms with Gasteiger partial charge in [0.05, 0.1) is 11.9 Å². The first-order chi connectivity index (χ1) is 14.1. The molecule has 0 atom stereocenters. The molecule has 0 bridgehead atoms. The smallest absolute Gasteiger partial charge is 0.256 e. The van der Waals surface area contributed by atoms with Crippen LogP contribution in [-0.4, -0.2) is 51.3 Å². The molecule has 0 aliphatic rings. The molecule has 0 fully saturated rings. The van der Waals surface area contributed by atoms with Crippen LogP contribution in [0, 0.1) is 5.82 Å². The summed E-state index contributed by atoms with van der Waals surface area (Å²) in [5.74, 6) is 0.0357. The second-order valence-corrected chi connectivity index (χ2v) is 6.91. The van der Waals surface area contributed by atoms with Crippen molar-refractivity contribution >= 4 is 5.91 Å². The van der Waals surface area contributed by atoms with Crippen molar-refractivity contribution in [1.82, 2.24) is 24.6 Å². The molecule has 0 unspecified atom stereocenters. The van der Waals surface area contributed by atoms with E-state index in [1.165, 1.54) is 18.3 Å². The number of amides is 1. The molecule has 6 nitrogen and oxygen atoms in total. The van der Waals surface area contributed by atoms with Gasteiger partial charge in [-0.2, -0.15) is 5.10 Å². The summed E-state index contributed by atoms with van der Waals surface area (Å²) >= 11 is 0. The average Bonchev–Trinajstić information content (AvgIpc) is 3.39. The van der Waals surface area contributed by atoms with Gasteiger partial charge in [-0.15, -0.1) is 0 Å². The second-order valence-electron chi connectivity index (χ2n) is 6.91. The SMILES string of the molecule is CCCCN(CC)CCNC(=O)c1cnn(-c2cccc(F)c2)c1-n1cccc1. The Bertz CT molecular complexity index is 919. The molecule has 154 valence electrons. The third-order valence-corrected chi connectivity index (χ3v) is 4.88. The van der Waals surface area contributed by atoms with Crippen molar-refractivity contribution in [2.75, 3.05) is 26.2 Å². The average molecular weight is 397 g/mol. The molecular formula is C22H28FN5O. The van der Waals surface area contributed by atoms with Crippen LogP contribution < -0.4 is 5.32 Å². The van der Waals surface area contributed by atoms with Crippen LogP contribution in [0.25, 0.3) is 11.5 Å². The summed E-state index contributed by atoms with van der Waals surface area (Å²) in [6.07, 6.45) is 7.52. The Morgan fingerprint density at radius 2 is 1.97 bits per heavy atom. The molecule has 1 amide bonds. The molecular weight excluding hydrogens is 369 g/mol. The number of rotatable bonds is 10. The van der Waals surface area contributed by atoms with E-state index in [2.05, 4.69) is 29.2 Å². The van der Waals surface area contributed by atoms with Gasteiger partial charge in [0, 0.05) is 25.5 Å². The summed E-state index contributed by atoms with van der Waals surface area (Å²) in [6, 6.07) is 9.91. The van der Waals surface area contributed by atoms with Crippen LogP contribution >= 0.6 is 0 Å². The minimum absolute atomic E-state index is 0.192. The molecule has 0 saturated carbocycles. The van der Waals surface area contributed by atoms with E-state index in [1.807, 2.05) is 29.1 Å². The Labute approximate surface area is 170 Å². The number of nitrogens with one attached hydrogen (secondary N) is 1. The predicted molar refractivity (Wildman–Crippen MR) is 112 cm³/mol. The van der Waals surface area contributed by atoms with Crippen molar-refractivity contribution in [2.24, 2.45) is 0 Å². The van der Waals surface area contributed by atoms with Gasteiger partial charge in [-0.3, -0.25) is 4.79 Å². The van der Waals surface area contributed by atoms with Gasteiger partial charge in [0.2, 0.25) is 0 Å². The van der Waals surface area contributed by atoms with Crippen molar-refractivity contribution < 1.29 is 9.18 Å². The van der Waals surface area contributed by atoms with Crippen molar-refractivity contribution in [1.29, 1.82) is 0 Å². The largest absolute Gasteiger partial charge is 0.351 e. The van der Waals surface area contributed by atoms with Crippen LogP contribution in [0.5, 0.6) is 0 Å². The Morgan fingerprint density at radius 3 is 2.66 bits per heavy atom. The van der Waals surface area contributed by atoms with E-state index in [9.17, 15) is 9.18 Å². The van der Waals surface area contributed by atoms with E-state index in [-0.39, 0.29) is 11.7 Å². The standard InChI is InChI=1S/C22H28FN5O/c1-3-5-12-26(4-2)15-11-24-21(29)20-17-25-28(19-10-8-9-18(23)16-19)22(20)27-13-6-7-14-27/h6-10,13-14,16-17H,3-5,11-12,15H2,1-2H3,(H,24,29). The Morgan fingerprint density at radius 1 is 1.17 bits per heavy atom. The zero-order chi connectivity index (χ0) is 20.6. The van der Waals surface area contributed by atoms with Crippen LogP contribution in [0.15, 0.2) is 55.0 Å². The lowest BCUT2D eigenvalue weighted by molar-refractivity contribution is 0.0948.